The Balaban J connectivity index is 1.62. The summed E-state index contributed by atoms with van der Waals surface area (Å²) in [5.41, 5.74) is 2.99. The third kappa shape index (κ3) is 3.44. The molecule has 0 aliphatic carbocycles. The minimum atomic E-state index is -0.392. The van der Waals surface area contributed by atoms with Crippen LogP contribution in [0.15, 0.2) is 48.5 Å². The summed E-state index contributed by atoms with van der Waals surface area (Å²) in [5.74, 6) is 0.0674. The zero-order valence-electron chi connectivity index (χ0n) is 13.6. The van der Waals surface area contributed by atoms with Crippen molar-refractivity contribution in [3.63, 3.8) is 0 Å². The monoisotopic (exact) mass is 326 g/mol. The van der Waals surface area contributed by atoms with Gasteiger partial charge in [0.2, 0.25) is 0 Å². The van der Waals surface area contributed by atoms with Gasteiger partial charge in [0, 0.05) is 29.8 Å². The van der Waals surface area contributed by atoms with Crippen molar-refractivity contribution in [1.82, 2.24) is 4.90 Å². The summed E-state index contributed by atoms with van der Waals surface area (Å²) in [5, 5.41) is 10.7. The van der Waals surface area contributed by atoms with E-state index in [0.717, 1.165) is 29.9 Å². The molecule has 2 aromatic rings. The van der Waals surface area contributed by atoms with Crippen LogP contribution in [0.1, 0.15) is 15.9 Å². The zero-order valence-corrected chi connectivity index (χ0v) is 13.6. The highest BCUT2D eigenvalue weighted by atomic mass is 16.6. The molecule has 1 fully saturated rings. The van der Waals surface area contributed by atoms with E-state index in [1.54, 1.807) is 12.1 Å². The quantitative estimate of drug-likeness (QED) is 0.688. The van der Waals surface area contributed by atoms with Crippen molar-refractivity contribution < 1.29 is 14.6 Å². The lowest BCUT2D eigenvalue weighted by Crippen LogP contribution is -3.10. The van der Waals surface area contributed by atoms with Gasteiger partial charge in [0.15, 0.2) is 0 Å². The number of benzene rings is 2. The molecule has 0 radical (unpaired) electrons. The van der Waals surface area contributed by atoms with E-state index < -0.39 is 4.92 Å². The fourth-order valence-electron chi connectivity index (χ4n) is 2.97. The van der Waals surface area contributed by atoms with Crippen molar-refractivity contribution in [2.45, 2.75) is 6.92 Å². The number of aryl methyl sites for hydroxylation is 1. The second kappa shape index (κ2) is 6.80. The van der Waals surface area contributed by atoms with Crippen molar-refractivity contribution >= 4 is 17.3 Å². The van der Waals surface area contributed by atoms with Gasteiger partial charge in [-0.2, -0.15) is 0 Å². The number of quaternary nitrogens is 1. The Hall–Kier alpha value is -2.73. The number of rotatable bonds is 3. The Kier molecular flexibility index (Phi) is 4.57. The first kappa shape index (κ1) is 16.1. The summed E-state index contributed by atoms with van der Waals surface area (Å²) in [6, 6.07) is 14.3. The van der Waals surface area contributed by atoms with Crippen molar-refractivity contribution in [3.8, 4) is 0 Å². The summed E-state index contributed by atoms with van der Waals surface area (Å²) in [6.07, 6.45) is 0. The molecule has 6 nitrogen and oxygen atoms in total. The number of nitrogens with one attached hydrogen (secondary N) is 1. The first-order chi connectivity index (χ1) is 11.5. The molecule has 0 atom stereocenters. The fourth-order valence-corrected chi connectivity index (χ4v) is 2.97. The average Bonchev–Trinajstić information content (AvgIpc) is 2.62. The van der Waals surface area contributed by atoms with E-state index in [9.17, 15) is 14.9 Å². The van der Waals surface area contributed by atoms with E-state index in [1.165, 1.54) is 17.0 Å². The Morgan fingerprint density at radius 3 is 2.17 bits per heavy atom. The molecule has 3 rings (SSSR count). The van der Waals surface area contributed by atoms with Crippen LogP contribution in [-0.4, -0.2) is 41.9 Å². The topological polar surface area (TPSA) is 67.9 Å². The minimum Gasteiger partial charge on any atom is -0.327 e. The molecular formula is C18H20N3O3+. The summed E-state index contributed by atoms with van der Waals surface area (Å²) >= 11 is 0. The summed E-state index contributed by atoms with van der Waals surface area (Å²) in [6.45, 7) is 4.96. The lowest BCUT2D eigenvalue weighted by Gasteiger charge is -2.32. The number of hydrogen-bond acceptors (Lipinski definition) is 3. The van der Waals surface area contributed by atoms with Crippen LogP contribution in [0.2, 0.25) is 0 Å². The maximum Gasteiger partial charge on any atom is 0.269 e. The molecule has 0 bridgehead atoms. The van der Waals surface area contributed by atoms with Gasteiger partial charge in [-0.1, -0.05) is 17.7 Å². The van der Waals surface area contributed by atoms with Gasteiger partial charge in [0.1, 0.15) is 5.69 Å². The van der Waals surface area contributed by atoms with Gasteiger partial charge in [0.25, 0.3) is 11.6 Å². The molecule has 1 heterocycles. The third-order valence-electron chi connectivity index (χ3n) is 4.44. The summed E-state index contributed by atoms with van der Waals surface area (Å²) < 4.78 is 0. The average molecular weight is 326 g/mol. The Labute approximate surface area is 140 Å². The third-order valence-corrected chi connectivity index (χ3v) is 4.44. The van der Waals surface area contributed by atoms with E-state index in [4.69, 9.17) is 0 Å². The van der Waals surface area contributed by atoms with Crippen LogP contribution in [0.5, 0.6) is 0 Å². The maximum atomic E-state index is 12.5. The van der Waals surface area contributed by atoms with Gasteiger partial charge in [-0.05, 0) is 19.1 Å². The van der Waals surface area contributed by atoms with Gasteiger partial charge < -0.3 is 4.90 Å². The molecule has 1 saturated heterocycles. The van der Waals surface area contributed by atoms with Crippen LogP contribution in [0, 0.1) is 17.0 Å². The molecule has 0 aromatic heterocycles. The number of nitro benzene ring substituents is 1. The zero-order chi connectivity index (χ0) is 17.1. The second-order valence-corrected chi connectivity index (χ2v) is 6.07. The fraction of sp³-hybridized carbons (Fsp3) is 0.278. The van der Waals surface area contributed by atoms with Crippen molar-refractivity contribution in [1.29, 1.82) is 0 Å². The first-order valence-electron chi connectivity index (χ1n) is 8.00. The Morgan fingerprint density at radius 1 is 1.04 bits per heavy atom. The molecule has 124 valence electrons. The van der Waals surface area contributed by atoms with Crippen molar-refractivity contribution in [3.05, 3.63) is 69.8 Å². The maximum absolute atomic E-state index is 12.5. The molecule has 1 aliphatic heterocycles. The number of non-ortho nitro benzene ring substituents is 1. The Morgan fingerprint density at radius 2 is 1.62 bits per heavy atom. The highest BCUT2D eigenvalue weighted by Gasteiger charge is 2.25. The highest BCUT2D eigenvalue weighted by molar-refractivity contribution is 5.94. The molecule has 24 heavy (non-hydrogen) atoms. The van der Waals surface area contributed by atoms with Gasteiger partial charge in [-0.25, -0.2) is 0 Å². The van der Waals surface area contributed by atoms with Crippen LogP contribution in [-0.2, 0) is 0 Å². The molecule has 6 heteroatoms. The van der Waals surface area contributed by atoms with Crippen LogP contribution in [0.4, 0.5) is 11.4 Å². The van der Waals surface area contributed by atoms with E-state index in [0.29, 0.717) is 13.1 Å². The van der Waals surface area contributed by atoms with Crippen LogP contribution < -0.4 is 4.90 Å². The number of piperazine rings is 1. The predicted octanol–water partition coefficient (Wildman–Crippen LogP) is 1.58. The highest BCUT2D eigenvalue weighted by Crippen LogP contribution is 2.13. The van der Waals surface area contributed by atoms with Crippen molar-refractivity contribution in [2.75, 3.05) is 26.2 Å². The molecule has 0 spiro atoms. The number of nitro groups is 1. The number of hydrogen-bond donors (Lipinski definition) is 1. The number of nitrogens with zero attached hydrogens (tertiary/aromatic N) is 2. The minimum absolute atomic E-state index is 0.0674. The van der Waals surface area contributed by atoms with Gasteiger partial charge in [-0.15, -0.1) is 0 Å². The number of carbonyl (C=O) groups is 1. The lowest BCUT2D eigenvalue weighted by atomic mass is 10.1. The standard InChI is InChI=1S/C18H19N3O3/c1-14-2-4-15(5-3-14)18(22)20-12-10-19(11-13-20)16-6-8-17(9-7-16)21(23)24/h2-9H,10-13H2,1H3/p+1. The van der Waals surface area contributed by atoms with E-state index in [-0.39, 0.29) is 11.6 Å². The van der Waals surface area contributed by atoms with E-state index in [2.05, 4.69) is 0 Å². The normalized spacial score (nSPS) is 15.3. The molecule has 1 aliphatic rings. The molecular weight excluding hydrogens is 306 g/mol. The Bertz CT molecular complexity index is 733. The second-order valence-electron chi connectivity index (χ2n) is 6.07. The summed E-state index contributed by atoms with van der Waals surface area (Å²) in [7, 11) is 0. The molecule has 0 saturated carbocycles. The number of amides is 1. The van der Waals surface area contributed by atoms with Gasteiger partial charge in [0.05, 0.1) is 31.1 Å². The van der Waals surface area contributed by atoms with Crippen LogP contribution in [0.3, 0.4) is 0 Å². The molecule has 1 N–H and O–H groups in total. The first-order valence-corrected chi connectivity index (χ1v) is 8.00. The van der Waals surface area contributed by atoms with E-state index >= 15 is 0 Å². The summed E-state index contributed by atoms with van der Waals surface area (Å²) in [4.78, 5) is 26.0. The van der Waals surface area contributed by atoms with Crippen LogP contribution in [0.25, 0.3) is 0 Å². The SMILES string of the molecule is Cc1ccc(C(=O)N2CC[NH+](c3ccc([N+](=O)[O-])cc3)CC2)cc1. The van der Waals surface area contributed by atoms with Crippen LogP contribution >= 0.6 is 0 Å². The van der Waals surface area contributed by atoms with Crippen molar-refractivity contribution in [2.24, 2.45) is 0 Å². The predicted molar refractivity (Wildman–Crippen MR) is 90.5 cm³/mol. The number of carbonyl (C=O) groups excluding carboxylic acids is 1. The molecule has 1 amide bonds. The molecule has 0 unspecified atom stereocenters. The van der Waals surface area contributed by atoms with Gasteiger partial charge in [-0.3, -0.25) is 19.8 Å². The largest absolute Gasteiger partial charge is 0.327 e. The molecule has 2 aromatic carbocycles. The van der Waals surface area contributed by atoms with E-state index in [1.807, 2.05) is 36.1 Å². The lowest BCUT2D eigenvalue weighted by molar-refractivity contribution is -0.837. The van der Waals surface area contributed by atoms with Gasteiger partial charge >= 0.3 is 0 Å². The smallest absolute Gasteiger partial charge is 0.269 e.